The van der Waals surface area contributed by atoms with Crippen molar-refractivity contribution in [2.75, 3.05) is 40.3 Å². The maximum Gasteiger partial charge on any atom is 0.416 e. The Kier molecular flexibility index (Phi) is 10.7. The molecule has 1 saturated carbocycles. The molecule has 0 radical (unpaired) electrons. The first-order valence-corrected chi connectivity index (χ1v) is 14.5. The summed E-state index contributed by atoms with van der Waals surface area (Å²) in [6.07, 6.45) is 6.66. The van der Waals surface area contributed by atoms with E-state index in [4.69, 9.17) is 4.74 Å². The molecule has 0 N–H and O–H groups in total. The lowest BCUT2D eigenvalue weighted by Crippen LogP contribution is -2.48. The van der Waals surface area contributed by atoms with Gasteiger partial charge in [0.15, 0.2) is 0 Å². The Balaban J connectivity index is 1.42. The summed E-state index contributed by atoms with van der Waals surface area (Å²) in [6, 6.07) is 13.6. The van der Waals surface area contributed by atoms with E-state index in [0.29, 0.717) is 24.8 Å². The van der Waals surface area contributed by atoms with Gasteiger partial charge in [-0.3, -0.25) is 4.79 Å². The molecule has 0 unspecified atom stereocenters. The van der Waals surface area contributed by atoms with Crippen LogP contribution in [0.25, 0.3) is 6.08 Å². The van der Waals surface area contributed by atoms with E-state index < -0.39 is 11.7 Å². The number of alkyl halides is 3. The van der Waals surface area contributed by atoms with Crippen LogP contribution in [0.1, 0.15) is 61.6 Å². The smallest absolute Gasteiger partial charge is 0.416 e. The van der Waals surface area contributed by atoms with Crippen molar-refractivity contribution in [1.82, 2.24) is 14.7 Å². The molecule has 218 valence electrons. The van der Waals surface area contributed by atoms with Crippen LogP contribution < -0.4 is 4.74 Å². The largest absolute Gasteiger partial charge is 0.494 e. The lowest BCUT2D eigenvalue weighted by Gasteiger charge is -2.40. The highest BCUT2D eigenvalue weighted by atomic mass is 19.4. The quantitative estimate of drug-likeness (QED) is 0.234. The maximum atomic E-state index is 13.5. The van der Waals surface area contributed by atoms with Gasteiger partial charge in [-0.1, -0.05) is 37.1 Å². The molecule has 2 aliphatic rings. The normalized spacial score (nSPS) is 17.6. The topological polar surface area (TPSA) is 36.0 Å². The maximum absolute atomic E-state index is 13.5. The van der Waals surface area contributed by atoms with E-state index in [-0.39, 0.29) is 11.9 Å². The number of hydrogen-bond donors (Lipinski definition) is 0. The number of carbonyl (C=O) groups excluding carboxylic acids is 1. The molecule has 8 heteroatoms. The number of amides is 1. The van der Waals surface area contributed by atoms with Gasteiger partial charge in [0.25, 0.3) is 0 Å². The summed E-state index contributed by atoms with van der Waals surface area (Å²) < 4.78 is 44.6. The molecule has 1 heterocycles. The molecule has 2 fully saturated rings. The van der Waals surface area contributed by atoms with Gasteiger partial charge in [0.1, 0.15) is 5.75 Å². The summed E-state index contributed by atoms with van der Waals surface area (Å²) in [7, 11) is 4.08. The molecule has 1 amide bonds. The molecule has 4 rings (SSSR count). The van der Waals surface area contributed by atoms with Crippen molar-refractivity contribution in [3.05, 3.63) is 71.3 Å². The Morgan fingerprint density at radius 1 is 0.975 bits per heavy atom. The number of nitrogens with zero attached hydrogens (tertiary/aromatic N) is 3. The first kappa shape index (κ1) is 30.1. The molecule has 2 aromatic rings. The van der Waals surface area contributed by atoms with E-state index in [1.54, 1.807) is 6.08 Å². The third-order valence-corrected chi connectivity index (χ3v) is 8.02. The zero-order chi connectivity index (χ0) is 28.5. The van der Waals surface area contributed by atoms with Gasteiger partial charge in [-0.2, -0.15) is 13.2 Å². The summed E-state index contributed by atoms with van der Waals surface area (Å²) in [5.74, 6) is 0.690. The fourth-order valence-corrected chi connectivity index (χ4v) is 5.72. The highest BCUT2D eigenvalue weighted by molar-refractivity contribution is 5.92. The van der Waals surface area contributed by atoms with Crippen LogP contribution >= 0.6 is 0 Å². The molecular formula is C32H42F3N3O2. The lowest BCUT2D eigenvalue weighted by atomic mass is 9.99. The molecule has 1 saturated heterocycles. The van der Waals surface area contributed by atoms with Gasteiger partial charge in [-0.25, -0.2) is 0 Å². The monoisotopic (exact) mass is 557 g/mol. The minimum absolute atomic E-state index is 0.115. The number of rotatable bonds is 11. The second kappa shape index (κ2) is 14.2. The number of halogens is 3. The molecule has 0 bridgehead atoms. The van der Waals surface area contributed by atoms with Crippen LogP contribution in [0.5, 0.6) is 5.75 Å². The third kappa shape index (κ3) is 8.83. The Bertz CT molecular complexity index is 1090. The highest BCUT2D eigenvalue weighted by Crippen LogP contribution is 2.30. The van der Waals surface area contributed by atoms with Crippen molar-refractivity contribution >= 4 is 12.0 Å². The van der Waals surface area contributed by atoms with Crippen LogP contribution in [0, 0.1) is 0 Å². The van der Waals surface area contributed by atoms with E-state index in [2.05, 4.69) is 9.80 Å². The fourth-order valence-electron chi connectivity index (χ4n) is 5.72. The van der Waals surface area contributed by atoms with Gasteiger partial charge in [-0.15, -0.1) is 0 Å². The molecule has 40 heavy (non-hydrogen) atoms. The van der Waals surface area contributed by atoms with E-state index >= 15 is 0 Å². The van der Waals surface area contributed by atoms with Crippen molar-refractivity contribution < 1.29 is 22.7 Å². The number of hydrogen-bond acceptors (Lipinski definition) is 4. The van der Waals surface area contributed by atoms with Crippen LogP contribution in [-0.4, -0.2) is 73.0 Å². The van der Waals surface area contributed by atoms with Gasteiger partial charge in [0, 0.05) is 44.3 Å². The van der Waals surface area contributed by atoms with Crippen LogP contribution in [-0.2, 0) is 17.5 Å². The van der Waals surface area contributed by atoms with E-state index in [9.17, 15) is 18.0 Å². The minimum atomic E-state index is -4.38. The second-order valence-corrected chi connectivity index (χ2v) is 11.3. The van der Waals surface area contributed by atoms with E-state index in [0.717, 1.165) is 62.3 Å². The zero-order valence-corrected chi connectivity index (χ0v) is 23.7. The van der Waals surface area contributed by atoms with Crippen molar-refractivity contribution in [2.45, 2.75) is 69.8 Å². The van der Waals surface area contributed by atoms with Crippen LogP contribution in [0.2, 0.25) is 0 Å². The lowest BCUT2D eigenvalue weighted by molar-refractivity contribution is -0.137. The summed E-state index contributed by atoms with van der Waals surface area (Å²) >= 11 is 0. The van der Waals surface area contributed by atoms with Gasteiger partial charge >= 0.3 is 6.18 Å². The number of ether oxygens (including phenoxy) is 1. The summed E-state index contributed by atoms with van der Waals surface area (Å²) in [5.41, 5.74) is 0.889. The predicted octanol–water partition coefficient (Wildman–Crippen LogP) is 6.48. The van der Waals surface area contributed by atoms with Gasteiger partial charge in [-0.05, 0) is 87.7 Å². The number of likely N-dealkylation sites (tertiary alicyclic amines) is 1. The average molecular weight is 558 g/mol. The van der Waals surface area contributed by atoms with E-state index in [1.165, 1.54) is 43.9 Å². The Morgan fingerprint density at radius 2 is 1.62 bits per heavy atom. The Labute approximate surface area is 236 Å². The molecular weight excluding hydrogens is 515 g/mol. The highest BCUT2D eigenvalue weighted by Gasteiger charge is 2.31. The van der Waals surface area contributed by atoms with Gasteiger partial charge < -0.3 is 19.4 Å². The summed E-state index contributed by atoms with van der Waals surface area (Å²) in [6.45, 7) is 4.07. The Hall–Kier alpha value is -2.84. The van der Waals surface area contributed by atoms with Gasteiger partial charge in [0.2, 0.25) is 5.91 Å². The number of carbonyl (C=O) groups is 1. The molecule has 1 aliphatic heterocycles. The molecule has 0 atom stereocenters. The minimum Gasteiger partial charge on any atom is -0.494 e. The van der Waals surface area contributed by atoms with E-state index in [1.807, 2.05) is 43.3 Å². The van der Waals surface area contributed by atoms with Crippen molar-refractivity contribution in [3.8, 4) is 5.75 Å². The number of piperidine rings is 1. The molecule has 5 nitrogen and oxygen atoms in total. The SMILES string of the molecule is CN(C)CCCOc1ccc(CN(C(=O)C=Cc2ccc(C(F)(F)F)cc2)C2CCN(C3CCCC3)CC2)cc1. The number of benzene rings is 2. The zero-order valence-electron chi connectivity index (χ0n) is 23.7. The van der Waals surface area contributed by atoms with Crippen molar-refractivity contribution in [1.29, 1.82) is 0 Å². The van der Waals surface area contributed by atoms with Crippen LogP contribution in [0.3, 0.4) is 0 Å². The second-order valence-electron chi connectivity index (χ2n) is 11.3. The van der Waals surface area contributed by atoms with Crippen molar-refractivity contribution in [3.63, 3.8) is 0 Å². The predicted molar refractivity (Wildman–Crippen MR) is 153 cm³/mol. The standard InChI is InChI=1S/C32H42F3N3O2/c1-36(2)20-5-23-40-30-15-10-26(11-16-30)24-38(29-18-21-37(22-19-29)28-6-3-4-7-28)31(39)17-12-25-8-13-27(14-9-25)32(33,34)35/h8-17,28-29H,3-7,18-24H2,1-2H3. The van der Waals surface area contributed by atoms with Gasteiger partial charge in [0.05, 0.1) is 12.2 Å². The molecule has 1 aliphatic carbocycles. The Morgan fingerprint density at radius 3 is 2.23 bits per heavy atom. The van der Waals surface area contributed by atoms with Crippen LogP contribution in [0.4, 0.5) is 13.2 Å². The fraction of sp³-hybridized carbons (Fsp3) is 0.531. The summed E-state index contributed by atoms with van der Waals surface area (Å²) in [4.78, 5) is 20.1. The molecule has 0 aromatic heterocycles. The first-order valence-electron chi connectivity index (χ1n) is 14.5. The summed E-state index contributed by atoms with van der Waals surface area (Å²) in [5, 5.41) is 0. The van der Waals surface area contributed by atoms with Crippen molar-refractivity contribution in [2.24, 2.45) is 0 Å². The first-order chi connectivity index (χ1) is 19.2. The average Bonchev–Trinajstić information content (AvgIpc) is 3.48. The molecule has 0 spiro atoms. The van der Waals surface area contributed by atoms with Crippen LogP contribution in [0.15, 0.2) is 54.6 Å². The molecule has 2 aromatic carbocycles. The third-order valence-electron chi connectivity index (χ3n) is 8.02.